The predicted molar refractivity (Wildman–Crippen MR) is 127 cm³/mol. The van der Waals surface area contributed by atoms with Crippen LogP contribution in [0.2, 0.25) is 0 Å². The molecule has 0 radical (unpaired) electrons. The van der Waals surface area contributed by atoms with Gasteiger partial charge in [0, 0.05) is 60.2 Å². The summed E-state index contributed by atoms with van der Waals surface area (Å²) in [4.78, 5) is 50.6. The van der Waals surface area contributed by atoms with Gasteiger partial charge in [-0.05, 0) is 56.4 Å². The number of rotatable bonds is 4. The van der Waals surface area contributed by atoms with Gasteiger partial charge in [-0.3, -0.25) is 19.7 Å². The molecule has 1 aromatic carbocycles. The summed E-state index contributed by atoms with van der Waals surface area (Å²) in [5.41, 5.74) is 1.20. The van der Waals surface area contributed by atoms with E-state index in [1.165, 1.54) is 10.6 Å². The maximum absolute atomic E-state index is 13.1. The number of nitrogens with zero attached hydrogens (tertiary/aromatic N) is 3. The van der Waals surface area contributed by atoms with Crippen molar-refractivity contribution in [2.45, 2.75) is 45.6 Å². The third-order valence-corrected chi connectivity index (χ3v) is 7.40. The fraction of sp³-hybridized carbons (Fsp3) is 0.400. The number of carbonyl (C=O) groups excluding carboxylic acids is 1. The van der Waals surface area contributed by atoms with Crippen LogP contribution in [0, 0.1) is 29.9 Å². The fourth-order valence-corrected chi connectivity index (χ4v) is 5.53. The number of aromatic hydroxyl groups is 1. The molecule has 2 aromatic heterocycles. The highest BCUT2D eigenvalue weighted by atomic mass is 16.6. The first-order valence-electron chi connectivity index (χ1n) is 11.6. The van der Waals surface area contributed by atoms with Gasteiger partial charge in [-0.2, -0.15) is 0 Å². The number of benzene rings is 1. The first-order valence-corrected chi connectivity index (χ1v) is 11.6. The Morgan fingerprint density at radius 3 is 2.66 bits per heavy atom. The lowest BCUT2D eigenvalue weighted by atomic mass is 9.83. The topological polar surface area (TPSA) is 136 Å². The third kappa shape index (κ3) is 3.78. The predicted octanol–water partition coefficient (Wildman–Crippen LogP) is 2.76. The Balaban J connectivity index is 1.35. The van der Waals surface area contributed by atoms with E-state index in [1.807, 2.05) is 6.92 Å². The van der Waals surface area contributed by atoms with E-state index in [0.717, 1.165) is 23.1 Å². The summed E-state index contributed by atoms with van der Waals surface area (Å²) in [6.07, 6.45) is 1.19. The minimum Gasteiger partial charge on any atom is -0.508 e. The molecule has 35 heavy (non-hydrogen) atoms. The van der Waals surface area contributed by atoms with Crippen LogP contribution < -0.4 is 11.2 Å². The Labute approximate surface area is 199 Å². The SMILES string of the molecule is Cc1c(CCC(=O)N2CC3CC(C2)c2ccc([N+](=O)[O-])c(=O)n2C3)c(=O)oc2c(C)c(O)ccc12. The van der Waals surface area contributed by atoms with Gasteiger partial charge in [-0.15, -0.1) is 0 Å². The maximum Gasteiger partial charge on any atom is 0.339 e. The molecule has 0 saturated carbocycles. The van der Waals surface area contributed by atoms with Crippen LogP contribution in [0.1, 0.15) is 41.1 Å². The number of nitro groups is 1. The molecule has 0 spiro atoms. The zero-order chi connectivity index (χ0) is 25.0. The molecule has 4 heterocycles. The van der Waals surface area contributed by atoms with Gasteiger partial charge in [-0.25, -0.2) is 4.79 Å². The van der Waals surface area contributed by atoms with Crippen molar-refractivity contribution >= 4 is 22.6 Å². The Bertz CT molecular complexity index is 1500. The number of phenols is 1. The van der Waals surface area contributed by atoms with Gasteiger partial charge >= 0.3 is 16.9 Å². The number of carbonyl (C=O) groups is 1. The second kappa shape index (κ2) is 8.37. The highest BCUT2D eigenvalue weighted by Crippen LogP contribution is 2.36. The number of phenolic OH excluding ortho intramolecular Hbond substituents is 1. The number of likely N-dealkylation sites (tertiary alicyclic amines) is 1. The minimum absolute atomic E-state index is 0.0352. The summed E-state index contributed by atoms with van der Waals surface area (Å²) in [6.45, 7) is 4.73. The summed E-state index contributed by atoms with van der Waals surface area (Å²) in [6, 6.07) is 6.14. The molecular weight excluding hydrogens is 454 g/mol. The zero-order valence-corrected chi connectivity index (χ0v) is 19.4. The Morgan fingerprint density at radius 2 is 1.91 bits per heavy atom. The second-order valence-electron chi connectivity index (χ2n) is 9.49. The van der Waals surface area contributed by atoms with E-state index in [-0.39, 0.29) is 36.3 Å². The molecule has 2 aliphatic heterocycles. The van der Waals surface area contributed by atoms with Crippen LogP contribution in [0.5, 0.6) is 5.75 Å². The highest BCUT2D eigenvalue weighted by Gasteiger charge is 2.37. The molecule has 10 nitrogen and oxygen atoms in total. The quantitative estimate of drug-likeness (QED) is 0.345. The van der Waals surface area contributed by atoms with Crippen molar-refractivity contribution in [3.05, 3.63) is 77.5 Å². The Hall–Kier alpha value is -3.95. The number of pyridine rings is 1. The van der Waals surface area contributed by atoms with E-state index in [2.05, 4.69) is 0 Å². The van der Waals surface area contributed by atoms with Crippen molar-refractivity contribution < 1.29 is 19.2 Å². The van der Waals surface area contributed by atoms with Gasteiger partial charge < -0.3 is 19.0 Å². The standard InChI is InChI=1S/C25H25N3O7/c1-13-17-3-7-21(29)14(2)23(17)35-25(32)18(13)4-8-22(30)26-10-15-9-16(12-26)19-5-6-20(28(33)34)24(31)27(19)11-15/h3,5-7,15-16,29H,4,8-12H2,1-2H3. The average Bonchev–Trinajstić information content (AvgIpc) is 2.81. The van der Waals surface area contributed by atoms with Gasteiger partial charge in [-0.1, -0.05) is 0 Å². The van der Waals surface area contributed by atoms with Crippen LogP contribution in [0.4, 0.5) is 5.69 Å². The van der Waals surface area contributed by atoms with E-state index < -0.39 is 21.8 Å². The number of amides is 1. The summed E-state index contributed by atoms with van der Waals surface area (Å²) in [5, 5.41) is 21.8. The molecule has 2 atom stereocenters. The van der Waals surface area contributed by atoms with E-state index in [9.17, 15) is 29.6 Å². The number of fused-ring (bicyclic) bond motifs is 5. The molecule has 2 bridgehead atoms. The molecule has 1 fully saturated rings. The molecule has 2 aliphatic rings. The average molecular weight is 479 g/mol. The Morgan fingerprint density at radius 1 is 1.14 bits per heavy atom. The molecule has 10 heteroatoms. The fourth-order valence-electron chi connectivity index (χ4n) is 5.53. The minimum atomic E-state index is -0.662. The molecule has 182 valence electrons. The van der Waals surface area contributed by atoms with Gasteiger partial charge in [0.2, 0.25) is 5.91 Å². The van der Waals surface area contributed by atoms with Crippen molar-refractivity contribution in [2.24, 2.45) is 5.92 Å². The summed E-state index contributed by atoms with van der Waals surface area (Å²) in [5.74, 6) is -0.0635. The van der Waals surface area contributed by atoms with Crippen molar-refractivity contribution in [2.75, 3.05) is 13.1 Å². The molecule has 1 saturated heterocycles. The van der Waals surface area contributed by atoms with Crippen LogP contribution in [0.3, 0.4) is 0 Å². The summed E-state index contributed by atoms with van der Waals surface area (Å²) in [7, 11) is 0. The van der Waals surface area contributed by atoms with Gasteiger partial charge in [0.25, 0.3) is 0 Å². The van der Waals surface area contributed by atoms with Crippen molar-refractivity contribution in [3.63, 3.8) is 0 Å². The number of piperidine rings is 1. The molecule has 2 unspecified atom stereocenters. The van der Waals surface area contributed by atoms with E-state index in [0.29, 0.717) is 36.3 Å². The molecule has 5 rings (SSSR count). The maximum atomic E-state index is 13.1. The summed E-state index contributed by atoms with van der Waals surface area (Å²) >= 11 is 0. The van der Waals surface area contributed by atoms with Gasteiger partial charge in [0.1, 0.15) is 11.3 Å². The van der Waals surface area contributed by atoms with E-state index in [4.69, 9.17) is 4.42 Å². The monoisotopic (exact) mass is 479 g/mol. The Kier molecular flexibility index (Phi) is 5.46. The van der Waals surface area contributed by atoms with Crippen LogP contribution in [0.15, 0.2) is 38.3 Å². The highest BCUT2D eigenvalue weighted by molar-refractivity contribution is 5.85. The van der Waals surface area contributed by atoms with Crippen molar-refractivity contribution in [1.29, 1.82) is 0 Å². The normalized spacial score (nSPS) is 19.0. The first kappa shape index (κ1) is 22.8. The number of hydrogen-bond acceptors (Lipinski definition) is 7. The lowest BCUT2D eigenvalue weighted by Crippen LogP contribution is -2.49. The van der Waals surface area contributed by atoms with Crippen molar-refractivity contribution in [3.8, 4) is 5.75 Å². The third-order valence-electron chi connectivity index (χ3n) is 7.40. The zero-order valence-electron chi connectivity index (χ0n) is 19.4. The lowest BCUT2D eigenvalue weighted by molar-refractivity contribution is -0.386. The molecule has 1 amide bonds. The number of aromatic nitrogens is 1. The van der Waals surface area contributed by atoms with Gasteiger partial charge in [0.15, 0.2) is 0 Å². The molecule has 3 aromatic rings. The second-order valence-corrected chi connectivity index (χ2v) is 9.49. The number of hydrogen-bond donors (Lipinski definition) is 1. The summed E-state index contributed by atoms with van der Waals surface area (Å²) < 4.78 is 6.97. The largest absolute Gasteiger partial charge is 0.508 e. The molecule has 0 aliphatic carbocycles. The van der Waals surface area contributed by atoms with Crippen LogP contribution in [0.25, 0.3) is 11.0 Å². The number of aryl methyl sites for hydroxylation is 2. The van der Waals surface area contributed by atoms with Crippen LogP contribution in [-0.4, -0.2) is 38.5 Å². The smallest absolute Gasteiger partial charge is 0.339 e. The molecular formula is C25H25N3O7. The van der Waals surface area contributed by atoms with Gasteiger partial charge in [0.05, 0.1) is 4.92 Å². The molecule has 1 N–H and O–H groups in total. The van der Waals surface area contributed by atoms with Crippen molar-refractivity contribution in [1.82, 2.24) is 9.47 Å². The first-order chi connectivity index (χ1) is 16.7. The van der Waals surface area contributed by atoms with Crippen LogP contribution >= 0.6 is 0 Å². The van der Waals surface area contributed by atoms with E-state index >= 15 is 0 Å². The lowest BCUT2D eigenvalue weighted by Gasteiger charge is -2.42. The van der Waals surface area contributed by atoms with Crippen LogP contribution in [-0.2, 0) is 17.8 Å². The van der Waals surface area contributed by atoms with E-state index in [1.54, 1.807) is 30.0 Å².